The van der Waals surface area contributed by atoms with E-state index in [0.29, 0.717) is 13.2 Å². The Balaban J connectivity index is 1.89. The van der Waals surface area contributed by atoms with Crippen LogP contribution in [0.25, 0.3) is 0 Å². The molecule has 0 unspecified atom stereocenters. The average Bonchev–Trinajstić information content (AvgIpc) is 2.49. The highest BCUT2D eigenvalue weighted by atomic mass is 127. The minimum atomic E-state index is -0.244. The third kappa shape index (κ3) is 5.71. The predicted octanol–water partition coefficient (Wildman–Crippen LogP) is 3.41. The van der Waals surface area contributed by atoms with Gasteiger partial charge in [-0.25, -0.2) is 15.4 Å². The van der Waals surface area contributed by atoms with Gasteiger partial charge in [0.25, 0.3) is 5.91 Å². The first-order valence-electron chi connectivity index (χ1n) is 6.80. The molecule has 0 fully saturated rings. The van der Waals surface area contributed by atoms with Crippen molar-refractivity contribution < 1.29 is 9.90 Å². The van der Waals surface area contributed by atoms with E-state index < -0.39 is 0 Å². The molecule has 0 radical (unpaired) electrons. The van der Waals surface area contributed by atoms with Gasteiger partial charge in [0.1, 0.15) is 5.75 Å². The molecule has 0 atom stereocenters. The summed E-state index contributed by atoms with van der Waals surface area (Å²) in [6, 6.07) is 5.35. The van der Waals surface area contributed by atoms with E-state index in [0.717, 1.165) is 17.0 Å². The number of amides is 1. The molecule has 0 aliphatic heterocycles. The number of thioether (sulfide) groups is 1. The number of aryl methyl sites for hydroxylation is 2. The smallest absolute Gasteiger partial charge is 0.250 e. The largest absolute Gasteiger partial charge is 0.506 e. The first-order valence-corrected chi connectivity index (χ1v) is 9.66. The molecule has 126 valence electrons. The monoisotopic (exact) mass is 520 g/mol. The normalized spacial score (nSPS) is 11.0. The van der Waals surface area contributed by atoms with E-state index in [2.05, 4.69) is 36.4 Å². The van der Waals surface area contributed by atoms with Gasteiger partial charge in [0.15, 0.2) is 5.16 Å². The highest BCUT2D eigenvalue weighted by Gasteiger charge is 2.06. The molecular formula is C15H14BrIN4O2S. The molecule has 24 heavy (non-hydrogen) atoms. The first kappa shape index (κ1) is 19.1. The minimum Gasteiger partial charge on any atom is -0.506 e. The summed E-state index contributed by atoms with van der Waals surface area (Å²) in [7, 11) is 0. The van der Waals surface area contributed by atoms with Crippen LogP contribution in [0.15, 0.2) is 32.9 Å². The van der Waals surface area contributed by atoms with Crippen LogP contribution in [0.1, 0.15) is 17.0 Å². The van der Waals surface area contributed by atoms with Gasteiger partial charge in [-0.05, 0) is 76.1 Å². The zero-order valence-electron chi connectivity index (χ0n) is 12.9. The fourth-order valence-corrected chi connectivity index (χ4v) is 4.00. The van der Waals surface area contributed by atoms with Gasteiger partial charge >= 0.3 is 0 Å². The molecule has 1 aromatic heterocycles. The van der Waals surface area contributed by atoms with E-state index in [1.54, 1.807) is 12.1 Å². The van der Waals surface area contributed by atoms with Gasteiger partial charge in [0, 0.05) is 11.4 Å². The number of aromatic nitrogens is 2. The zero-order chi connectivity index (χ0) is 17.7. The molecule has 0 saturated heterocycles. The van der Waals surface area contributed by atoms with Crippen molar-refractivity contribution in [2.24, 2.45) is 5.10 Å². The first-order chi connectivity index (χ1) is 11.3. The number of aromatic hydroxyl groups is 1. The molecule has 2 aromatic rings. The predicted molar refractivity (Wildman–Crippen MR) is 106 cm³/mol. The second kappa shape index (κ2) is 8.77. The quantitative estimate of drug-likeness (QED) is 0.207. The number of rotatable bonds is 5. The van der Waals surface area contributed by atoms with E-state index in [4.69, 9.17) is 0 Å². The number of carbonyl (C=O) groups is 1. The lowest BCUT2D eigenvalue weighted by Crippen LogP contribution is -2.19. The van der Waals surface area contributed by atoms with Gasteiger partial charge in [-0.2, -0.15) is 5.10 Å². The van der Waals surface area contributed by atoms with Gasteiger partial charge < -0.3 is 5.11 Å². The van der Waals surface area contributed by atoms with Crippen molar-refractivity contribution >= 4 is 62.4 Å². The lowest BCUT2D eigenvalue weighted by Gasteiger charge is -2.03. The Morgan fingerprint density at radius 3 is 2.67 bits per heavy atom. The van der Waals surface area contributed by atoms with Crippen LogP contribution in [0.4, 0.5) is 0 Å². The average molecular weight is 521 g/mol. The SMILES string of the molecule is Cc1cc(C)nc(SCC(=O)N/N=C\c2cc(Br)c(O)c(I)c2)n1. The summed E-state index contributed by atoms with van der Waals surface area (Å²) in [4.78, 5) is 20.3. The van der Waals surface area contributed by atoms with Crippen LogP contribution in [-0.2, 0) is 4.79 Å². The van der Waals surface area contributed by atoms with Crippen molar-refractivity contribution in [2.75, 3.05) is 5.75 Å². The maximum absolute atomic E-state index is 11.8. The molecule has 9 heteroatoms. The number of halogens is 2. The van der Waals surface area contributed by atoms with Gasteiger partial charge in [0.05, 0.1) is 20.0 Å². The van der Waals surface area contributed by atoms with Crippen molar-refractivity contribution in [3.8, 4) is 5.75 Å². The summed E-state index contributed by atoms with van der Waals surface area (Å²) in [6.45, 7) is 3.78. The van der Waals surface area contributed by atoms with E-state index in [1.165, 1.54) is 18.0 Å². The Labute approximate surface area is 165 Å². The number of hydrogen-bond acceptors (Lipinski definition) is 6. The van der Waals surface area contributed by atoms with Crippen LogP contribution >= 0.6 is 50.3 Å². The summed E-state index contributed by atoms with van der Waals surface area (Å²) in [5, 5.41) is 14.2. The van der Waals surface area contributed by atoms with Crippen LogP contribution in [0, 0.1) is 17.4 Å². The summed E-state index contributed by atoms with van der Waals surface area (Å²) in [6.07, 6.45) is 1.52. The van der Waals surface area contributed by atoms with E-state index in [-0.39, 0.29) is 17.4 Å². The van der Waals surface area contributed by atoms with Crippen LogP contribution in [-0.4, -0.2) is 32.9 Å². The number of phenolic OH excluding ortho intramolecular Hbond substituents is 1. The fraction of sp³-hybridized carbons (Fsp3) is 0.200. The number of phenols is 1. The van der Waals surface area contributed by atoms with Crippen molar-refractivity contribution in [1.29, 1.82) is 0 Å². The van der Waals surface area contributed by atoms with Gasteiger partial charge in [-0.1, -0.05) is 11.8 Å². The second-order valence-corrected chi connectivity index (χ2v) is 7.81. The highest BCUT2D eigenvalue weighted by Crippen LogP contribution is 2.29. The van der Waals surface area contributed by atoms with Gasteiger partial charge in [-0.15, -0.1) is 0 Å². The Morgan fingerprint density at radius 1 is 1.38 bits per heavy atom. The number of nitrogens with zero attached hydrogens (tertiary/aromatic N) is 3. The summed E-state index contributed by atoms with van der Waals surface area (Å²) < 4.78 is 1.27. The summed E-state index contributed by atoms with van der Waals surface area (Å²) >= 11 is 6.54. The van der Waals surface area contributed by atoms with E-state index in [9.17, 15) is 9.90 Å². The van der Waals surface area contributed by atoms with Crippen molar-refractivity contribution in [3.05, 3.63) is 43.2 Å². The molecule has 2 rings (SSSR count). The topological polar surface area (TPSA) is 87.5 Å². The lowest BCUT2D eigenvalue weighted by atomic mass is 10.2. The van der Waals surface area contributed by atoms with Crippen LogP contribution in [0.2, 0.25) is 0 Å². The second-order valence-electron chi connectivity index (χ2n) is 4.85. The highest BCUT2D eigenvalue weighted by molar-refractivity contribution is 14.1. The molecule has 0 saturated carbocycles. The zero-order valence-corrected chi connectivity index (χ0v) is 17.4. The van der Waals surface area contributed by atoms with E-state index in [1.807, 2.05) is 42.5 Å². The lowest BCUT2D eigenvalue weighted by molar-refractivity contribution is -0.118. The molecule has 0 spiro atoms. The molecule has 1 amide bonds. The fourth-order valence-electron chi connectivity index (χ4n) is 1.76. The Hall–Kier alpha value is -1.20. The summed E-state index contributed by atoms with van der Waals surface area (Å²) in [5.74, 6) is 0.116. The minimum absolute atomic E-state index is 0.178. The van der Waals surface area contributed by atoms with E-state index >= 15 is 0 Å². The third-order valence-corrected chi connectivity index (χ3v) is 5.01. The Morgan fingerprint density at radius 2 is 2.04 bits per heavy atom. The maximum Gasteiger partial charge on any atom is 0.250 e. The Kier molecular flexibility index (Phi) is 6.99. The number of nitrogens with one attached hydrogen (secondary N) is 1. The molecule has 1 aromatic carbocycles. The number of carbonyl (C=O) groups excluding carboxylic acids is 1. The number of hydrazone groups is 1. The van der Waals surface area contributed by atoms with Crippen molar-refractivity contribution in [3.63, 3.8) is 0 Å². The van der Waals surface area contributed by atoms with Crippen LogP contribution < -0.4 is 5.43 Å². The van der Waals surface area contributed by atoms with Crippen molar-refractivity contribution in [1.82, 2.24) is 15.4 Å². The maximum atomic E-state index is 11.8. The molecule has 2 N–H and O–H groups in total. The number of hydrogen-bond donors (Lipinski definition) is 2. The molecule has 0 aliphatic rings. The molecule has 6 nitrogen and oxygen atoms in total. The molecule has 0 bridgehead atoms. The third-order valence-electron chi connectivity index (χ3n) is 2.74. The van der Waals surface area contributed by atoms with Crippen LogP contribution in [0.5, 0.6) is 5.75 Å². The molecular weight excluding hydrogens is 507 g/mol. The van der Waals surface area contributed by atoms with Crippen molar-refractivity contribution in [2.45, 2.75) is 19.0 Å². The summed E-state index contributed by atoms with van der Waals surface area (Å²) in [5.41, 5.74) is 4.96. The number of benzene rings is 1. The molecule has 1 heterocycles. The standard InChI is InChI=1S/C15H14BrIN4O2S/c1-8-3-9(2)20-15(19-8)24-7-13(22)21-18-6-10-4-11(16)14(23)12(17)5-10/h3-6,23H,7H2,1-2H3,(H,21,22)/b18-6-. The Bertz CT molecular complexity index is 758. The van der Waals surface area contributed by atoms with Crippen LogP contribution in [0.3, 0.4) is 0 Å². The van der Waals surface area contributed by atoms with Gasteiger partial charge in [-0.3, -0.25) is 4.79 Å². The molecule has 0 aliphatic carbocycles. The van der Waals surface area contributed by atoms with Gasteiger partial charge in [0.2, 0.25) is 0 Å².